The van der Waals surface area contributed by atoms with Crippen molar-refractivity contribution in [3.05, 3.63) is 77.9 Å². The summed E-state index contributed by atoms with van der Waals surface area (Å²) in [4.78, 5) is 51.0. The number of benzene rings is 2. The summed E-state index contributed by atoms with van der Waals surface area (Å²) >= 11 is 0. The van der Waals surface area contributed by atoms with E-state index < -0.39 is 11.9 Å². The highest BCUT2D eigenvalue weighted by atomic mass is 16.5. The van der Waals surface area contributed by atoms with Gasteiger partial charge in [-0.05, 0) is 51.5 Å². The minimum absolute atomic E-state index is 0.00395. The number of anilines is 1. The van der Waals surface area contributed by atoms with Gasteiger partial charge in [0.15, 0.2) is 5.69 Å². The van der Waals surface area contributed by atoms with E-state index in [1.54, 1.807) is 13.8 Å². The number of carbonyl (C=O) groups is 4. The van der Waals surface area contributed by atoms with Crippen molar-refractivity contribution in [2.75, 3.05) is 70.6 Å². The second-order valence-corrected chi connectivity index (χ2v) is 11.7. The van der Waals surface area contributed by atoms with Gasteiger partial charge in [-0.1, -0.05) is 36.9 Å². The van der Waals surface area contributed by atoms with Gasteiger partial charge >= 0.3 is 11.9 Å². The van der Waals surface area contributed by atoms with Crippen molar-refractivity contribution in [1.82, 2.24) is 15.1 Å². The number of aliphatic hydroxyl groups excluding tert-OH is 2. The van der Waals surface area contributed by atoms with Crippen LogP contribution in [0.2, 0.25) is 0 Å². The van der Waals surface area contributed by atoms with E-state index in [9.17, 15) is 29.4 Å². The summed E-state index contributed by atoms with van der Waals surface area (Å²) < 4.78 is 10.3. The van der Waals surface area contributed by atoms with Crippen molar-refractivity contribution < 1.29 is 38.9 Å². The van der Waals surface area contributed by atoms with E-state index in [0.29, 0.717) is 0 Å². The first-order valence-electron chi connectivity index (χ1n) is 16.1. The Morgan fingerprint density at radius 3 is 1.65 bits per heavy atom. The maximum Gasteiger partial charge on any atom is 0.333 e. The number of nitrogens with zero attached hydrogens (tertiary/aromatic N) is 2. The predicted octanol–water partition coefficient (Wildman–Crippen LogP) is 2.98. The molecule has 0 saturated heterocycles. The average molecular weight is 668 g/mol. The number of hydrogen-bond donors (Lipinski definition) is 4. The third-order valence-corrected chi connectivity index (χ3v) is 7.65. The third kappa shape index (κ3) is 12.3. The van der Waals surface area contributed by atoms with Gasteiger partial charge < -0.3 is 35.2 Å². The first-order valence-corrected chi connectivity index (χ1v) is 16.1. The lowest BCUT2D eigenvalue weighted by atomic mass is 10.1. The minimum atomic E-state index is -0.532. The number of rotatable bonds is 21. The number of nitrogens with one attached hydrogen (secondary N) is 2. The summed E-state index contributed by atoms with van der Waals surface area (Å²) in [7, 11) is 0. The molecule has 48 heavy (non-hydrogen) atoms. The van der Waals surface area contributed by atoms with Crippen molar-refractivity contribution in [2.45, 2.75) is 40.5 Å². The lowest BCUT2D eigenvalue weighted by Gasteiger charge is -2.40. The molecule has 0 bridgehead atoms. The molecule has 2 aromatic carbocycles. The average Bonchev–Trinajstić information content (AvgIpc) is 3.05. The van der Waals surface area contributed by atoms with Crippen LogP contribution >= 0.6 is 0 Å². The Bertz CT molecular complexity index is 1370. The van der Waals surface area contributed by atoms with Crippen molar-refractivity contribution >= 4 is 40.8 Å². The van der Waals surface area contributed by atoms with Crippen molar-refractivity contribution in [1.29, 1.82) is 0 Å². The Balaban J connectivity index is 2.38. The van der Waals surface area contributed by atoms with Gasteiger partial charge in [0.2, 0.25) is 11.8 Å². The summed E-state index contributed by atoms with van der Waals surface area (Å²) in [5.74, 6) is -1.60. The highest BCUT2D eigenvalue weighted by Gasteiger charge is 2.36. The molecule has 2 aromatic rings. The second-order valence-electron chi connectivity index (χ2n) is 11.7. The van der Waals surface area contributed by atoms with Gasteiger partial charge in [0.25, 0.3) is 0 Å². The fraction of sp³-hybridized carbons (Fsp3) is 0.444. The third-order valence-electron chi connectivity index (χ3n) is 7.65. The van der Waals surface area contributed by atoms with Crippen molar-refractivity contribution in [3.8, 4) is 0 Å². The molecule has 0 atom stereocenters. The Labute approximate surface area is 283 Å². The SMILES string of the molecule is C=C(C)C(=O)OCCNC(=O)CCN(CCC(=O)NCCOC(=O)C(=C)C)c1ccc(C)cc1[N+](CCO)(CCO)c1ccc(C)cc1. The van der Waals surface area contributed by atoms with Crippen LogP contribution in [0, 0.1) is 13.8 Å². The predicted molar refractivity (Wildman–Crippen MR) is 187 cm³/mol. The minimum Gasteiger partial charge on any atom is -0.460 e. The number of aryl methyl sites for hydroxylation is 2. The van der Waals surface area contributed by atoms with Crippen LogP contribution in [-0.4, -0.2) is 99.7 Å². The quantitative estimate of drug-likeness (QED) is 0.0681. The molecule has 0 aliphatic rings. The molecule has 2 rings (SSSR count). The molecule has 12 heteroatoms. The summed E-state index contributed by atoms with van der Waals surface area (Å²) in [5, 5.41) is 26.1. The summed E-state index contributed by atoms with van der Waals surface area (Å²) in [6.45, 7) is 15.1. The van der Waals surface area contributed by atoms with E-state index in [4.69, 9.17) is 9.47 Å². The number of quaternary nitrogens is 1. The van der Waals surface area contributed by atoms with Gasteiger partial charge in [0.05, 0.1) is 32.0 Å². The monoisotopic (exact) mass is 667 g/mol. The van der Waals surface area contributed by atoms with Crippen molar-refractivity contribution in [3.63, 3.8) is 0 Å². The first kappa shape index (κ1) is 39.7. The van der Waals surface area contributed by atoms with E-state index in [1.807, 2.05) is 61.2 Å². The summed E-state index contributed by atoms with van der Waals surface area (Å²) in [6.07, 6.45) is 0.148. The molecular formula is C36H51N4O8+. The van der Waals surface area contributed by atoms with Crippen LogP contribution in [0.15, 0.2) is 66.8 Å². The van der Waals surface area contributed by atoms with Gasteiger partial charge in [-0.2, -0.15) is 0 Å². The molecule has 0 fully saturated rings. The smallest absolute Gasteiger partial charge is 0.333 e. The molecule has 2 amide bonds. The van der Waals surface area contributed by atoms with Crippen LogP contribution in [0.3, 0.4) is 0 Å². The normalized spacial score (nSPS) is 11.0. The molecule has 0 radical (unpaired) electrons. The van der Waals surface area contributed by atoms with Gasteiger partial charge in [0.1, 0.15) is 32.0 Å². The summed E-state index contributed by atoms with van der Waals surface area (Å²) in [5.41, 5.74) is 4.99. The van der Waals surface area contributed by atoms with E-state index in [2.05, 4.69) is 23.8 Å². The summed E-state index contributed by atoms with van der Waals surface area (Å²) in [6, 6.07) is 13.8. The standard InChI is InChI=1S/C36H50N4O8/c1-26(2)35(45)47-23-15-37-33(43)13-17-39(18-14-34(44)38-16-24-48-36(46)27(3)4)31-12-9-29(6)25-32(31)40(19-21-41,20-22-42)30-10-7-28(5)8-11-30/h7-12,25,41-42H,1,3,13-24H2,2,4-6H3,(H-,37,38,43,44)/p+1. The number of amides is 2. The maximum absolute atomic E-state index is 12.9. The van der Waals surface area contributed by atoms with Crippen LogP contribution in [0.1, 0.15) is 37.8 Å². The fourth-order valence-electron chi connectivity index (χ4n) is 5.08. The topological polar surface area (TPSA) is 154 Å². The molecule has 0 saturated carbocycles. The number of hydrogen-bond acceptors (Lipinski definition) is 9. The van der Waals surface area contributed by atoms with Crippen LogP contribution < -0.4 is 20.0 Å². The fourth-order valence-corrected chi connectivity index (χ4v) is 5.08. The molecule has 262 valence electrons. The number of esters is 2. The Kier molecular flexibility index (Phi) is 16.5. The molecule has 0 spiro atoms. The zero-order valence-corrected chi connectivity index (χ0v) is 28.7. The number of aliphatic hydroxyl groups is 2. The second kappa shape index (κ2) is 20.0. The molecule has 0 heterocycles. The molecule has 0 aliphatic heterocycles. The van der Waals surface area contributed by atoms with E-state index >= 15 is 0 Å². The van der Waals surface area contributed by atoms with Gasteiger partial charge in [0, 0.05) is 43.1 Å². The molecular weight excluding hydrogens is 616 g/mol. The maximum atomic E-state index is 12.9. The zero-order chi connectivity index (χ0) is 35.7. The van der Waals surface area contributed by atoms with Crippen LogP contribution in [0.4, 0.5) is 17.1 Å². The first-order chi connectivity index (χ1) is 22.8. The zero-order valence-electron chi connectivity index (χ0n) is 28.7. The number of carbonyl (C=O) groups excluding carboxylic acids is 4. The highest BCUT2D eigenvalue weighted by molar-refractivity contribution is 5.87. The van der Waals surface area contributed by atoms with Gasteiger partial charge in [-0.25, -0.2) is 9.59 Å². The van der Waals surface area contributed by atoms with E-state index in [1.165, 1.54) is 0 Å². The largest absolute Gasteiger partial charge is 0.460 e. The van der Waals surface area contributed by atoms with E-state index in [0.717, 1.165) is 28.2 Å². The highest BCUT2D eigenvalue weighted by Crippen LogP contribution is 2.42. The Hall–Kier alpha value is -4.52. The van der Waals surface area contributed by atoms with Gasteiger partial charge in [-0.15, -0.1) is 0 Å². The Morgan fingerprint density at radius 1 is 0.750 bits per heavy atom. The van der Waals surface area contributed by atoms with Crippen LogP contribution in [0.5, 0.6) is 0 Å². The molecule has 4 N–H and O–H groups in total. The van der Waals surface area contributed by atoms with Crippen LogP contribution in [-0.2, 0) is 28.7 Å². The molecule has 12 nitrogen and oxygen atoms in total. The van der Waals surface area contributed by atoms with E-state index in [-0.39, 0.29) is 106 Å². The molecule has 0 unspecified atom stereocenters. The van der Waals surface area contributed by atoms with Crippen molar-refractivity contribution in [2.24, 2.45) is 0 Å². The lowest BCUT2D eigenvalue weighted by Crippen LogP contribution is -2.49. The lowest BCUT2D eigenvalue weighted by molar-refractivity contribution is -0.139. The van der Waals surface area contributed by atoms with Gasteiger partial charge in [-0.3, -0.25) is 14.1 Å². The number of ether oxygens (including phenoxy) is 2. The Morgan fingerprint density at radius 2 is 1.21 bits per heavy atom. The molecule has 0 aliphatic carbocycles. The van der Waals surface area contributed by atoms with Crippen LogP contribution in [0.25, 0.3) is 0 Å². The molecule has 0 aromatic heterocycles.